The monoisotopic (exact) mass is 364 g/mol. The number of carbonyl (C=O) groups excluding carboxylic acids is 1. The quantitative estimate of drug-likeness (QED) is 0.327. The zero-order valence-electron chi connectivity index (χ0n) is 15.6. The molecule has 24 heavy (non-hydrogen) atoms. The van der Waals surface area contributed by atoms with Gasteiger partial charge in [-0.25, -0.2) is 4.79 Å². The summed E-state index contributed by atoms with van der Waals surface area (Å²) in [4.78, 5) is 11.4. The fourth-order valence-corrected chi connectivity index (χ4v) is 13.5. The van der Waals surface area contributed by atoms with Crippen molar-refractivity contribution in [2.75, 3.05) is 6.61 Å². The maximum Gasteiger partial charge on any atom is 0.330 e. The Morgan fingerprint density at radius 1 is 1.04 bits per heavy atom. The van der Waals surface area contributed by atoms with Crippen LogP contribution < -0.4 is 5.19 Å². The first-order valence-electron chi connectivity index (χ1n) is 9.06. The van der Waals surface area contributed by atoms with Crippen LogP contribution in [0.5, 0.6) is 0 Å². The molecule has 134 valence electrons. The lowest BCUT2D eigenvalue weighted by atomic mass is 10.4. The fourth-order valence-electron chi connectivity index (χ4n) is 3.21. The van der Waals surface area contributed by atoms with Crippen molar-refractivity contribution in [3.8, 4) is 0 Å². The maximum atomic E-state index is 11.4. The predicted octanol–water partition coefficient (Wildman–Crippen LogP) is 4.61. The topological polar surface area (TPSA) is 35.5 Å². The van der Waals surface area contributed by atoms with Crippen LogP contribution in [0.15, 0.2) is 43.0 Å². The molecule has 1 unspecified atom stereocenters. The molecule has 1 aromatic carbocycles. The van der Waals surface area contributed by atoms with E-state index < -0.39 is 16.6 Å². The maximum absolute atomic E-state index is 11.4. The first-order valence-corrected chi connectivity index (χ1v) is 13.9. The number of esters is 1. The molecular weight excluding hydrogens is 332 g/mol. The molecule has 0 radical (unpaired) electrons. The third kappa shape index (κ3) is 5.16. The minimum absolute atomic E-state index is 0.355. The molecule has 3 nitrogen and oxygen atoms in total. The highest BCUT2D eigenvalue weighted by molar-refractivity contribution is 6.94. The van der Waals surface area contributed by atoms with Crippen LogP contribution in [0.4, 0.5) is 0 Å². The molecule has 0 saturated carbocycles. The lowest BCUT2D eigenvalue weighted by Gasteiger charge is -2.41. The van der Waals surface area contributed by atoms with Crippen LogP contribution in [0.3, 0.4) is 0 Å². The van der Waals surface area contributed by atoms with Crippen LogP contribution in [0.25, 0.3) is 0 Å². The van der Waals surface area contributed by atoms with Gasteiger partial charge in [0, 0.05) is 12.1 Å². The molecule has 0 aliphatic rings. The van der Waals surface area contributed by atoms with E-state index in [1.165, 1.54) is 11.3 Å². The Morgan fingerprint density at radius 2 is 1.62 bits per heavy atom. The smallest absolute Gasteiger partial charge is 0.330 e. The Labute approximate surface area is 149 Å². The van der Waals surface area contributed by atoms with E-state index >= 15 is 0 Å². The molecule has 0 fully saturated rings. The van der Waals surface area contributed by atoms with E-state index in [9.17, 15) is 4.79 Å². The molecule has 0 amide bonds. The molecule has 1 atom stereocenters. The van der Waals surface area contributed by atoms with Gasteiger partial charge >= 0.3 is 5.97 Å². The van der Waals surface area contributed by atoms with Crippen molar-refractivity contribution in [1.29, 1.82) is 0 Å². The highest BCUT2D eigenvalue weighted by Crippen LogP contribution is 2.30. The SMILES string of the molecule is C=CC(=O)OCC[Si](CC)(O[Si](CC)(CC)CC)c1ccccc1. The van der Waals surface area contributed by atoms with Gasteiger partial charge in [0.25, 0.3) is 0 Å². The van der Waals surface area contributed by atoms with Crippen LogP contribution in [0.2, 0.25) is 30.2 Å². The molecule has 0 aliphatic heterocycles. The number of benzene rings is 1. The van der Waals surface area contributed by atoms with E-state index in [1.807, 2.05) is 6.07 Å². The van der Waals surface area contributed by atoms with Gasteiger partial charge in [0.05, 0.1) is 6.61 Å². The summed E-state index contributed by atoms with van der Waals surface area (Å²) >= 11 is 0. The molecule has 5 heteroatoms. The number of carbonyl (C=O) groups is 1. The van der Waals surface area contributed by atoms with Crippen molar-refractivity contribution in [2.24, 2.45) is 0 Å². The Balaban J connectivity index is 3.13. The molecule has 1 aromatic rings. The minimum Gasteiger partial charge on any atom is -0.463 e. The normalized spacial score (nSPS) is 14.0. The van der Waals surface area contributed by atoms with Crippen molar-refractivity contribution in [3.05, 3.63) is 43.0 Å². The molecule has 0 N–H and O–H groups in total. The molecule has 0 saturated heterocycles. The van der Waals surface area contributed by atoms with Crippen molar-refractivity contribution in [1.82, 2.24) is 0 Å². The number of hydrogen-bond donors (Lipinski definition) is 0. The second kappa shape index (κ2) is 9.96. The van der Waals surface area contributed by atoms with Crippen LogP contribution in [0.1, 0.15) is 27.7 Å². The summed E-state index contributed by atoms with van der Waals surface area (Å²) in [6.07, 6.45) is 1.22. The zero-order valence-corrected chi connectivity index (χ0v) is 17.6. The van der Waals surface area contributed by atoms with Gasteiger partial charge in [-0.3, -0.25) is 0 Å². The van der Waals surface area contributed by atoms with Gasteiger partial charge < -0.3 is 8.85 Å². The van der Waals surface area contributed by atoms with Crippen LogP contribution >= 0.6 is 0 Å². The second-order valence-electron chi connectivity index (χ2n) is 6.18. The standard InChI is InChI=1S/C19H32O3Si2/c1-6-19(20)21-16-17-24(10-5,18-14-12-11-13-15-18)22-23(7-2,8-3)9-4/h6,11-15H,1,7-10,16-17H2,2-5H3. The second-order valence-corrected chi connectivity index (χ2v) is 15.3. The number of ether oxygens (including phenoxy) is 1. The average molecular weight is 365 g/mol. The van der Waals surface area contributed by atoms with E-state index in [4.69, 9.17) is 8.85 Å². The zero-order chi connectivity index (χ0) is 18.1. The van der Waals surface area contributed by atoms with E-state index in [0.717, 1.165) is 30.2 Å². The summed E-state index contributed by atoms with van der Waals surface area (Å²) in [6.45, 7) is 12.9. The summed E-state index contributed by atoms with van der Waals surface area (Å²) in [7, 11) is -3.91. The van der Waals surface area contributed by atoms with Crippen LogP contribution in [-0.4, -0.2) is 29.2 Å². The largest absolute Gasteiger partial charge is 0.463 e. The minimum atomic E-state index is -2.17. The summed E-state index contributed by atoms with van der Waals surface area (Å²) in [6, 6.07) is 15.8. The van der Waals surface area contributed by atoms with Crippen molar-refractivity contribution >= 4 is 27.8 Å². The fraction of sp³-hybridized carbons (Fsp3) is 0.526. The third-order valence-corrected chi connectivity index (χ3v) is 15.8. The lowest BCUT2D eigenvalue weighted by molar-refractivity contribution is -0.137. The molecule has 0 bridgehead atoms. The highest BCUT2D eigenvalue weighted by Gasteiger charge is 2.43. The van der Waals surface area contributed by atoms with Crippen molar-refractivity contribution in [3.63, 3.8) is 0 Å². The Kier molecular flexibility index (Phi) is 8.66. The van der Waals surface area contributed by atoms with E-state index in [1.54, 1.807) is 0 Å². The van der Waals surface area contributed by atoms with Gasteiger partial charge in [0.15, 0.2) is 8.32 Å². The molecule has 0 heterocycles. The summed E-state index contributed by atoms with van der Waals surface area (Å²) < 4.78 is 12.4. The third-order valence-electron chi connectivity index (χ3n) is 5.13. The van der Waals surface area contributed by atoms with E-state index in [-0.39, 0.29) is 5.97 Å². The number of hydrogen-bond acceptors (Lipinski definition) is 3. The Morgan fingerprint density at radius 3 is 2.08 bits per heavy atom. The van der Waals surface area contributed by atoms with Gasteiger partial charge in [-0.2, -0.15) is 0 Å². The van der Waals surface area contributed by atoms with E-state index in [2.05, 4.69) is 58.5 Å². The molecule has 1 rings (SSSR count). The van der Waals surface area contributed by atoms with Crippen molar-refractivity contribution in [2.45, 2.75) is 57.9 Å². The molecule has 0 spiro atoms. The van der Waals surface area contributed by atoms with Crippen molar-refractivity contribution < 1.29 is 13.6 Å². The summed E-state index contributed by atoms with van der Waals surface area (Å²) in [5, 5.41) is 1.31. The van der Waals surface area contributed by atoms with Gasteiger partial charge in [0.1, 0.15) is 0 Å². The lowest BCUT2D eigenvalue weighted by Crippen LogP contribution is -2.58. The highest BCUT2D eigenvalue weighted by atomic mass is 28.4. The molecule has 0 aromatic heterocycles. The van der Waals surface area contributed by atoms with Gasteiger partial charge in [-0.15, -0.1) is 0 Å². The van der Waals surface area contributed by atoms with Gasteiger partial charge in [-0.05, 0) is 29.4 Å². The summed E-state index contributed by atoms with van der Waals surface area (Å²) in [5.74, 6) is -0.355. The Bertz CT molecular complexity index is 506. The average Bonchev–Trinajstić information content (AvgIpc) is 2.65. The molecular formula is C19H32O3Si2. The van der Waals surface area contributed by atoms with E-state index in [0.29, 0.717) is 6.61 Å². The first kappa shape index (κ1) is 20.9. The Hall–Kier alpha value is -1.18. The van der Waals surface area contributed by atoms with Gasteiger partial charge in [-0.1, -0.05) is 64.6 Å². The van der Waals surface area contributed by atoms with Gasteiger partial charge in [0.2, 0.25) is 8.32 Å². The summed E-state index contributed by atoms with van der Waals surface area (Å²) in [5.41, 5.74) is 0. The molecule has 0 aliphatic carbocycles. The van der Waals surface area contributed by atoms with Crippen LogP contribution in [0, 0.1) is 0 Å². The van der Waals surface area contributed by atoms with Crippen LogP contribution in [-0.2, 0) is 13.6 Å². The number of rotatable bonds is 11. The first-order chi connectivity index (χ1) is 11.5. The predicted molar refractivity (Wildman–Crippen MR) is 107 cm³/mol.